The van der Waals surface area contributed by atoms with Gasteiger partial charge in [-0.2, -0.15) is 0 Å². The van der Waals surface area contributed by atoms with Crippen LogP contribution in [0.25, 0.3) is 0 Å². The van der Waals surface area contributed by atoms with Crippen LogP contribution in [0.15, 0.2) is 0 Å². The predicted octanol–water partition coefficient (Wildman–Crippen LogP) is -0.944. The molecule has 0 heterocycles. The third-order valence-electron chi connectivity index (χ3n) is 1.44. The molecule has 0 saturated heterocycles. The third-order valence-corrected chi connectivity index (χ3v) is 2.56. The van der Waals surface area contributed by atoms with Gasteiger partial charge in [0.1, 0.15) is 6.04 Å². The number of carbonyl (C=O) groups is 1. The van der Waals surface area contributed by atoms with Gasteiger partial charge < -0.3 is 15.4 Å². The molecule has 0 aromatic rings. The van der Waals surface area contributed by atoms with Gasteiger partial charge in [-0.05, 0) is 24.9 Å². The number of nitrogens with two attached hydrogens (primary N) is 1. The van der Waals surface area contributed by atoms with Crippen LogP contribution in [0.3, 0.4) is 0 Å². The van der Waals surface area contributed by atoms with E-state index in [-0.39, 0.29) is 0 Å². The van der Waals surface area contributed by atoms with Gasteiger partial charge >= 0.3 is 5.97 Å². The van der Waals surface area contributed by atoms with E-state index in [1.165, 1.54) is 13.8 Å². The molecule has 0 fully saturated rings. The molecule has 11 heavy (non-hydrogen) atoms. The minimum absolute atomic E-state index is 1.26. The minimum Gasteiger partial charge on any atom is -0.772 e. The van der Waals surface area contributed by atoms with Crippen LogP contribution in [0.2, 0.25) is 0 Å². The van der Waals surface area contributed by atoms with Crippen LogP contribution in [-0.4, -0.2) is 30.6 Å². The van der Waals surface area contributed by atoms with Crippen molar-refractivity contribution in [3.63, 3.8) is 0 Å². The normalized spacial score (nSPS) is 17.5. The first-order chi connectivity index (χ1) is 4.80. The summed E-state index contributed by atoms with van der Waals surface area (Å²) in [4.78, 5) is 10.3. The molecule has 0 aromatic heterocycles. The first-order valence-corrected chi connectivity index (χ1v) is 3.95. The SMILES string of the molecule is CC(C)([C@@H](N)C(=O)O)S(=O)[O-]. The average molecular weight is 180 g/mol. The highest BCUT2D eigenvalue weighted by Gasteiger charge is 2.33. The van der Waals surface area contributed by atoms with E-state index in [0.717, 1.165) is 0 Å². The van der Waals surface area contributed by atoms with Crippen LogP contribution in [0, 0.1) is 0 Å². The fourth-order valence-corrected chi connectivity index (χ4v) is 0.709. The number of rotatable bonds is 3. The summed E-state index contributed by atoms with van der Waals surface area (Å²) in [5.74, 6) is -1.32. The van der Waals surface area contributed by atoms with Crippen molar-refractivity contribution in [2.24, 2.45) is 5.73 Å². The second kappa shape index (κ2) is 3.29. The maximum Gasteiger partial charge on any atom is 0.321 e. The van der Waals surface area contributed by atoms with Crippen LogP contribution in [-0.2, 0) is 15.9 Å². The van der Waals surface area contributed by atoms with Gasteiger partial charge in [0, 0.05) is 0 Å². The van der Waals surface area contributed by atoms with Gasteiger partial charge in [-0.15, -0.1) is 0 Å². The first-order valence-electron chi connectivity index (χ1n) is 2.88. The van der Waals surface area contributed by atoms with Crippen molar-refractivity contribution in [2.75, 3.05) is 0 Å². The van der Waals surface area contributed by atoms with E-state index < -0.39 is 27.8 Å². The Bertz CT molecular complexity index is 191. The highest BCUT2D eigenvalue weighted by atomic mass is 32.2. The van der Waals surface area contributed by atoms with Gasteiger partial charge in [-0.25, -0.2) is 0 Å². The van der Waals surface area contributed by atoms with Crippen molar-refractivity contribution in [2.45, 2.75) is 24.6 Å². The fourth-order valence-electron chi connectivity index (χ4n) is 0.401. The standard InChI is InChI=1S/C5H11NO4S/c1-5(2,11(9)10)3(6)4(7)8/h3H,6H2,1-2H3,(H,7,8)(H,9,10)/p-1/t3-/m0/s1. The molecule has 2 atom stereocenters. The highest BCUT2D eigenvalue weighted by Crippen LogP contribution is 2.14. The van der Waals surface area contributed by atoms with Gasteiger partial charge in [0.15, 0.2) is 0 Å². The van der Waals surface area contributed by atoms with Crippen LogP contribution in [0.5, 0.6) is 0 Å². The van der Waals surface area contributed by atoms with Crippen molar-refractivity contribution >= 4 is 17.0 Å². The van der Waals surface area contributed by atoms with Crippen LogP contribution < -0.4 is 5.73 Å². The number of hydrogen-bond donors (Lipinski definition) is 2. The predicted molar refractivity (Wildman–Crippen MR) is 38.6 cm³/mol. The molecule has 0 amide bonds. The lowest BCUT2D eigenvalue weighted by atomic mass is 10.1. The number of carboxylic acids is 1. The van der Waals surface area contributed by atoms with Gasteiger partial charge in [0.25, 0.3) is 0 Å². The van der Waals surface area contributed by atoms with Gasteiger partial charge in [-0.1, -0.05) is 0 Å². The summed E-state index contributed by atoms with van der Waals surface area (Å²) in [6.45, 7) is 2.52. The van der Waals surface area contributed by atoms with Crippen molar-refractivity contribution in [3.8, 4) is 0 Å². The van der Waals surface area contributed by atoms with Gasteiger partial charge in [-0.3, -0.25) is 9.00 Å². The van der Waals surface area contributed by atoms with Gasteiger partial charge in [0.2, 0.25) is 0 Å². The molecular weight excluding hydrogens is 170 g/mol. The summed E-state index contributed by atoms with van der Waals surface area (Å²) in [6.07, 6.45) is 0. The van der Waals surface area contributed by atoms with E-state index in [0.29, 0.717) is 0 Å². The van der Waals surface area contributed by atoms with E-state index in [1.807, 2.05) is 0 Å². The molecule has 6 heteroatoms. The molecule has 0 radical (unpaired) electrons. The van der Waals surface area contributed by atoms with Crippen molar-refractivity contribution in [1.29, 1.82) is 0 Å². The molecular formula is C5H10NO4S-. The molecule has 0 spiro atoms. The summed E-state index contributed by atoms with van der Waals surface area (Å²) >= 11 is -2.48. The van der Waals surface area contributed by atoms with E-state index in [4.69, 9.17) is 10.8 Å². The Morgan fingerprint density at radius 1 is 1.73 bits per heavy atom. The summed E-state index contributed by atoms with van der Waals surface area (Å²) in [5.41, 5.74) is 5.10. The van der Waals surface area contributed by atoms with E-state index >= 15 is 0 Å². The van der Waals surface area contributed by atoms with Crippen LogP contribution >= 0.6 is 0 Å². The molecule has 3 N–H and O–H groups in total. The molecule has 1 unspecified atom stereocenters. The van der Waals surface area contributed by atoms with Crippen LogP contribution in [0.4, 0.5) is 0 Å². The Morgan fingerprint density at radius 2 is 2.09 bits per heavy atom. The Labute approximate surface area is 66.9 Å². The largest absolute Gasteiger partial charge is 0.772 e. The van der Waals surface area contributed by atoms with Crippen molar-refractivity contribution < 1.29 is 18.7 Å². The van der Waals surface area contributed by atoms with E-state index in [2.05, 4.69) is 0 Å². The maximum absolute atomic E-state index is 10.4. The molecule has 0 aliphatic carbocycles. The molecule has 0 aliphatic rings. The number of aliphatic carboxylic acids is 1. The summed E-state index contributed by atoms with van der Waals surface area (Å²) in [5, 5.41) is 8.37. The average Bonchev–Trinajstić information content (AvgIpc) is 1.85. The second-order valence-electron chi connectivity index (χ2n) is 2.65. The van der Waals surface area contributed by atoms with Gasteiger partial charge in [0.05, 0.1) is 4.75 Å². The molecule has 0 rings (SSSR count). The molecule has 0 bridgehead atoms. The van der Waals surface area contributed by atoms with Crippen molar-refractivity contribution in [3.05, 3.63) is 0 Å². The number of hydrogen-bond acceptors (Lipinski definition) is 4. The molecule has 66 valence electrons. The zero-order valence-corrected chi connectivity index (χ0v) is 7.05. The van der Waals surface area contributed by atoms with Crippen molar-refractivity contribution in [1.82, 2.24) is 0 Å². The Balaban J connectivity index is 4.55. The molecule has 5 nitrogen and oxygen atoms in total. The first kappa shape index (κ1) is 10.5. The second-order valence-corrected chi connectivity index (χ2v) is 4.18. The quantitative estimate of drug-likeness (QED) is 0.545. The summed E-state index contributed by atoms with van der Waals surface area (Å²) in [7, 11) is 0. The lowest BCUT2D eigenvalue weighted by Crippen LogP contribution is -2.51. The zero-order valence-electron chi connectivity index (χ0n) is 6.23. The van der Waals surface area contributed by atoms with Crippen LogP contribution in [0.1, 0.15) is 13.8 Å². The Morgan fingerprint density at radius 3 is 2.18 bits per heavy atom. The topological polar surface area (TPSA) is 103 Å². The molecule has 0 saturated carbocycles. The lowest BCUT2D eigenvalue weighted by Gasteiger charge is -2.30. The number of carboxylic acid groups (broad SMARTS) is 1. The van der Waals surface area contributed by atoms with E-state index in [1.54, 1.807) is 0 Å². The smallest absolute Gasteiger partial charge is 0.321 e. The fraction of sp³-hybridized carbons (Fsp3) is 0.800. The summed E-state index contributed by atoms with van der Waals surface area (Å²) in [6, 6.07) is -1.39. The summed E-state index contributed by atoms with van der Waals surface area (Å²) < 4.78 is 19.4. The maximum atomic E-state index is 10.4. The lowest BCUT2D eigenvalue weighted by molar-refractivity contribution is -0.139. The molecule has 0 aliphatic heterocycles. The van der Waals surface area contributed by atoms with E-state index in [9.17, 15) is 13.6 Å². The Kier molecular flexibility index (Phi) is 3.15. The Hall–Kier alpha value is -0.460. The third kappa shape index (κ3) is 2.25. The molecule has 0 aromatic carbocycles. The zero-order chi connectivity index (χ0) is 9.23. The minimum atomic E-state index is -2.48. The highest BCUT2D eigenvalue weighted by molar-refractivity contribution is 7.80. The monoisotopic (exact) mass is 180 g/mol.